The van der Waals surface area contributed by atoms with Crippen molar-refractivity contribution in [1.82, 2.24) is 10.2 Å². The molecule has 1 aromatic rings. The van der Waals surface area contributed by atoms with Crippen molar-refractivity contribution in [2.24, 2.45) is 5.92 Å². The number of carbonyl (C=O) groups excluding carboxylic acids is 1. The van der Waals surface area contributed by atoms with Crippen molar-refractivity contribution in [2.45, 2.75) is 12.8 Å². The van der Waals surface area contributed by atoms with Gasteiger partial charge in [-0.2, -0.15) is 0 Å². The van der Waals surface area contributed by atoms with E-state index in [4.69, 9.17) is 11.6 Å². The maximum absolute atomic E-state index is 13.6. The molecule has 0 aliphatic carbocycles. The Morgan fingerprint density at radius 1 is 1.43 bits per heavy atom. The quantitative estimate of drug-likeness (QED) is 0.877. The monoisotopic (exact) mass is 313 g/mol. The molecule has 0 aromatic heterocycles. The van der Waals surface area contributed by atoms with Gasteiger partial charge >= 0.3 is 0 Å². The molecule has 1 aromatic carbocycles. The number of piperidine rings is 1. The molecule has 2 N–H and O–H groups in total. The number of nitrogens with zero attached hydrogens (tertiary/aromatic N) is 1. The highest BCUT2D eigenvalue weighted by Crippen LogP contribution is 2.19. The van der Waals surface area contributed by atoms with E-state index in [1.807, 2.05) is 7.05 Å². The van der Waals surface area contributed by atoms with Gasteiger partial charge in [0, 0.05) is 5.02 Å². The Hall–Kier alpha value is -1.17. The van der Waals surface area contributed by atoms with Gasteiger partial charge in [0.1, 0.15) is 5.82 Å². The van der Waals surface area contributed by atoms with Crippen LogP contribution in [0.4, 0.5) is 10.1 Å². The molecule has 1 fully saturated rings. The number of nitrogens with one attached hydrogen (secondary N) is 2. The number of halogens is 2. The smallest absolute Gasteiger partial charge is 0.238 e. The molecule has 0 saturated carbocycles. The van der Waals surface area contributed by atoms with Crippen molar-refractivity contribution < 1.29 is 9.18 Å². The molecular formula is C15H21ClFN3O. The highest BCUT2D eigenvalue weighted by atomic mass is 35.5. The molecule has 1 saturated heterocycles. The lowest BCUT2D eigenvalue weighted by Crippen LogP contribution is -2.40. The third-order valence-electron chi connectivity index (χ3n) is 3.77. The van der Waals surface area contributed by atoms with Crippen LogP contribution < -0.4 is 10.6 Å². The van der Waals surface area contributed by atoms with E-state index >= 15 is 0 Å². The van der Waals surface area contributed by atoms with E-state index in [9.17, 15) is 9.18 Å². The van der Waals surface area contributed by atoms with Gasteiger partial charge in [0.15, 0.2) is 0 Å². The lowest BCUT2D eigenvalue weighted by molar-refractivity contribution is -0.117. The molecule has 1 heterocycles. The minimum Gasteiger partial charge on any atom is -0.322 e. The molecule has 1 amide bonds. The van der Waals surface area contributed by atoms with E-state index < -0.39 is 5.82 Å². The van der Waals surface area contributed by atoms with Crippen LogP contribution in [0.1, 0.15) is 12.8 Å². The number of likely N-dealkylation sites (tertiary alicyclic amines) is 1. The summed E-state index contributed by atoms with van der Waals surface area (Å²) in [4.78, 5) is 14.1. The predicted molar refractivity (Wildman–Crippen MR) is 83.1 cm³/mol. The molecular weight excluding hydrogens is 293 g/mol. The van der Waals surface area contributed by atoms with Gasteiger partial charge in [0.2, 0.25) is 5.91 Å². The van der Waals surface area contributed by atoms with E-state index in [0.29, 0.717) is 17.5 Å². The third kappa shape index (κ3) is 4.95. The number of hydrogen-bond donors (Lipinski definition) is 2. The van der Waals surface area contributed by atoms with Crippen molar-refractivity contribution in [2.75, 3.05) is 38.5 Å². The van der Waals surface area contributed by atoms with Crippen LogP contribution in [0.2, 0.25) is 5.02 Å². The normalized spacial score (nSPS) is 16.9. The number of hydrogen-bond acceptors (Lipinski definition) is 3. The second-order valence-electron chi connectivity index (χ2n) is 5.45. The summed E-state index contributed by atoms with van der Waals surface area (Å²) in [7, 11) is 1.96. The van der Waals surface area contributed by atoms with Crippen molar-refractivity contribution >= 4 is 23.2 Å². The van der Waals surface area contributed by atoms with E-state index in [1.54, 1.807) is 6.07 Å². The summed E-state index contributed by atoms with van der Waals surface area (Å²) in [5.41, 5.74) is 0.175. The summed E-state index contributed by atoms with van der Waals surface area (Å²) in [5, 5.41) is 6.10. The fraction of sp³-hybridized carbons (Fsp3) is 0.533. The van der Waals surface area contributed by atoms with Crippen LogP contribution in [-0.4, -0.2) is 44.0 Å². The van der Waals surface area contributed by atoms with Crippen molar-refractivity contribution in [3.63, 3.8) is 0 Å². The van der Waals surface area contributed by atoms with E-state index in [-0.39, 0.29) is 11.6 Å². The minimum atomic E-state index is -0.511. The van der Waals surface area contributed by atoms with Crippen molar-refractivity contribution in [3.8, 4) is 0 Å². The SMILES string of the molecule is CNCC1CCN(CC(=O)Nc2ccc(Cl)cc2F)CC1. The number of benzene rings is 1. The molecule has 21 heavy (non-hydrogen) atoms. The topological polar surface area (TPSA) is 44.4 Å². The zero-order valence-electron chi connectivity index (χ0n) is 12.2. The first kappa shape index (κ1) is 16.2. The van der Waals surface area contributed by atoms with Gasteiger partial charge in [-0.3, -0.25) is 9.69 Å². The summed E-state index contributed by atoms with van der Waals surface area (Å²) in [6.45, 7) is 3.14. The summed E-state index contributed by atoms with van der Waals surface area (Å²) in [5.74, 6) is -0.0186. The lowest BCUT2D eigenvalue weighted by Gasteiger charge is -2.31. The van der Waals surface area contributed by atoms with Crippen molar-refractivity contribution in [1.29, 1.82) is 0 Å². The maximum Gasteiger partial charge on any atom is 0.238 e. The standard InChI is InChI=1S/C15H21ClFN3O/c1-18-9-11-4-6-20(7-5-11)10-15(21)19-14-3-2-12(16)8-13(14)17/h2-3,8,11,18H,4-7,9-10H2,1H3,(H,19,21). The fourth-order valence-corrected chi connectivity index (χ4v) is 2.78. The van der Waals surface area contributed by atoms with Crippen LogP contribution in [-0.2, 0) is 4.79 Å². The highest BCUT2D eigenvalue weighted by Gasteiger charge is 2.20. The molecule has 116 valence electrons. The van der Waals surface area contributed by atoms with Crippen LogP contribution in [0.25, 0.3) is 0 Å². The molecule has 1 aliphatic heterocycles. The maximum atomic E-state index is 13.6. The van der Waals surface area contributed by atoms with E-state index in [0.717, 1.165) is 32.5 Å². The van der Waals surface area contributed by atoms with Gasteiger partial charge in [0.05, 0.1) is 12.2 Å². The first-order valence-corrected chi connectivity index (χ1v) is 7.58. The minimum absolute atomic E-state index is 0.175. The zero-order chi connectivity index (χ0) is 15.2. The molecule has 0 atom stereocenters. The Balaban J connectivity index is 1.80. The Morgan fingerprint density at radius 3 is 2.76 bits per heavy atom. The predicted octanol–water partition coefficient (Wildman–Crippen LogP) is 2.35. The molecule has 0 unspecified atom stereocenters. The molecule has 1 aliphatic rings. The average Bonchev–Trinajstić information content (AvgIpc) is 2.44. The number of anilines is 1. The molecule has 4 nitrogen and oxygen atoms in total. The van der Waals surface area contributed by atoms with Crippen molar-refractivity contribution in [3.05, 3.63) is 29.0 Å². The highest BCUT2D eigenvalue weighted by molar-refractivity contribution is 6.30. The molecule has 2 rings (SSSR count). The van der Waals surface area contributed by atoms with Gasteiger partial charge in [-0.25, -0.2) is 4.39 Å². The number of rotatable bonds is 5. The number of amides is 1. The first-order valence-electron chi connectivity index (χ1n) is 7.20. The van der Waals surface area contributed by atoms with Gasteiger partial charge < -0.3 is 10.6 Å². The third-order valence-corrected chi connectivity index (χ3v) is 4.01. The van der Waals surface area contributed by atoms with Gasteiger partial charge in [0.25, 0.3) is 0 Å². The summed E-state index contributed by atoms with van der Waals surface area (Å²) in [6.07, 6.45) is 2.17. The van der Waals surface area contributed by atoms with Crippen LogP contribution in [0, 0.1) is 11.7 Å². The second-order valence-corrected chi connectivity index (χ2v) is 5.89. The fourth-order valence-electron chi connectivity index (χ4n) is 2.62. The molecule has 0 spiro atoms. The Kier molecular flexibility index (Phi) is 5.96. The lowest BCUT2D eigenvalue weighted by atomic mass is 9.97. The van der Waals surface area contributed by atoms with Crippen LogP contribution in [0.3, 0.4) is 0 Å². The van der Waals surface area contributed by atoms with Crippen LogP contribution in [0.15, 0.2) is 18.2 Å². The summed E-state index contributed by atoms with van der Waals surface area (Å²) >= 11 is 5.68. The Bertz CT molecular complexity index is 490. The molecule has 6 heteroatoms. The molecule has 0 bridgehead atoms. The zero-order valence-corrected chi connectivity index (χ0v) is 12.9. The number of carbonyl (C=O) groups is 1. The Morgan fingerprint density at radius 2 is 2.14 bits per heavy atom. The van der Waals surface area contributed by atoms with Gasteiger partial charge in [-0.1, -0.05) is 11.6 Å². The van der Waals surface area contributed by atoms with Crippen LogP contribution >= 0.6 is 11.6 Å². The Labute approximate surface area is 129 Å². The van der Waals surface area contributed by atoms with Gasteiger partial charge in [-0.15, -0.1) is 0 Å². The largest absolute Gasteiger partial charge is 0.322 e. The van der Waals surface area contributed by atoms with E-state index in [1.165, 1.54) is 12.1 Å². The van der Waals surface area contributed by atoms with Gasteiger partial charge in [-0.05, 0) is 63.6 Å². The average molecular weight is 314 g/mol. The second kappa shape index (κ2) is 7.73. The summed E-state index contributed by atoms with van der Waals surface area (Å²) < 4.78 is 13.6. The molecule has 0 radical (unpaired) electrons. The summed E-state index contributed by atoms with van der Waals surface area (Å²) in [6, 6.07) is 4.23. The van der Waals surface area contributed by atoms with E-state index in [2.05, 4.69) is 15.5 Å². The van der Waals surface area contributed by atoms with Crippen LogP contribution in [0.5, 0.6) is 0 Å². The first-order chi connectivity index (χ1) is 10.1.